The molecule has 1 aliphatic rings. The molecule has 0 atom stereocenters. The van der Waals surface area contributed by atoms with Crippen molar-refractivity contribution in [3.8, 4) is 0 Å². The first-order valence-electron chi connectivity index (χ1n) is 6.39. The summed E-state index contributed by atoms with van der Waals surface area (Å²) in [5.41, 5.74) is 0.552. The number of piperazine rings is 1. The van der Waals surface area contributed by atoms with Gasteiger partial charge in [0, 0.05) is 31.7 Å². The summed E-state index contributed by atoms with van der Waals surface area (Å²) in [7, 11) is 0. The molecule has 0 N–H and O–H groups in total. The summed E-state index contributed by atoms with van der Waals surface area (Å²) in [5, 5.41) is 0.221. The van der Waals surface area contributed by atoms with E-state index in [1.54, 1.807) is 0 Å². The molecule has 1 aromatic rings. The van der Waals surface area contributed by atoms with Crippen LogP contribution in [-0.4, -0.2) is 52.9 Å². The van der Waals surface area contributed by atoms with Crippen molar-refractivity contribution in [1.82, 2.24) is 14.9 Å². The predicted molar refractivity (Wildman–Crippen MR) is 76.0 cm³/mol. The topological polar surface area (TPSA) is 49.3 Å². The SMILES string of the molecule is CC(C)(C)N1CCN(c2ncnc(Cl)c2C=O)CC1. The molecule has 0 bridgehead atoms. The Hall–Kier alpha value is -1.20. The molecule has 0 aromatic carbocycles. The molecular weight excluding hydrogens is 264 g/mol. The highest BCUT2D eigenvalue weighted by Crippen LogP contribution is 2.24. The van der Waals surface area contributed by atoms with E-state index in [0.29, 0.717) is 11.4 Å². The van der Waals surface area contributed by atoms with Crippen LogP contribution in [0.5, 0.6) is 0 Å². The van der Waals surface area contributed by atoms with E-state index < -0.39 is 0 Å². The van der Waals surface area contributed by atoms with Gasteiger partial charge in [-0.1, -0.05) is 11.6 Å². The summed E-state index contributed by atoms with van der Waals surface area (Å²) < 4.78 is 0. The minimum atomic E-state index is 0.170. The minimum absolute atomic E-state index is 0.170. The highest BCUT2D eigenvalue weighted by molar-refractivity contribution is 6.32. The van der Waals surface area contributed by atoms with E-state index in [1.807, 2.05) is 0 Å². The fourth-order valence-electron chi connectivity index (χ4n) is 2.31. The fourth-order valence-corrected chi connectivity index (χ4v) is 2.48. The van der Waals surface area contributed by atoms with Gasteiger partial charge in [0.2, 0.25) is 0 Å². The van der Waals surface area contributed by atoms with E-state index in [2.05, 4.69) is 40.5 Å². The van der Waals surface area contributed by atoms with Gasteiger partial charge in [-0.25, -0.2) is 9.97 Å². The Morgan fingerprint density at radius 3 is 2.37 bits per heavy atom. The highest BCUT2D eigenvalue weighted by atomic mass is 35.5. The number of anilines is 1. The summed E-state index contributed by atoms with van der Waals surface area (Å²) in [6.45, 7) is 10.2. The molecule has 1 saturated heterocycles. The summed E-state index contributed by atoms with van der Waals surface area (Å²) in [6.07, 6.45) is 2.13. The number of aldehydes is 1. The zero-order valence-corrected chi connectivity index (χ0v) is 12.3. The van der Waals surface area contributed by atoms with Crippen LogP contribution in [0.4, 0.5) is 5.82 Å². The zero-order valence-electron chi connectivity index (χ0n) is 11.6. The molecule has 104 valence electrons. The lowest BCUT2D eigenvalue weighted by Crippen LogP contribution is -2.53. The van der Waals surface area contributed by atoms with Crippen molar-refractivity contribution >= 4 is 23.7 Å². The van der Waals surface area contributed by atoms with E-state index in [-0.39, 0.29) is 10.7 Å². The van der Waals surface area contributed by atoms with Crippen molar-refractivity contribution in [2.75, 3.05) is 31.1 Å². The quantitative estimate of drug-likeness (QED) is 0.612. The van der Waals surface area contributed by atoms with Gasteiger partial charge in [-0.15, -0.1) is 0 Å². The smallest absolute Gasteiger partial charge is 0.156 e. The van der Waals surface area contributed by atoms with E-state index >= 15 is 0 Å². The summed E-state index contributed by atoms with van der Waals surface area (Å²) in [6, 6.07) is 0. The fraction of sp³-hybridized carbons (Fsp3) is 0.615. The molecule has 19 heavy (non-hydrogen) atoms. The van der Waals surface area contributed by atoms with Gasteiger partial charge < -0.3 is 4.90 Å². The standard InChI is InChI=1S/C13H19ClN4O/c1-13(2,3)18-6-4-17(5-7-18)12-10(8-19)11(14)15-9-16-12/h8-9H,4-7H2,1-3H3. The van der Waals surface area contributed by atoms with Crippen molar-refractivity contribution in [3.05, 3.63) is 17.0 Å². The minimum Gasteiger partial charge on any atom is -0.353 e. The van der Waals surface area contributed by atoms with Gasteiger partial charge in [-0.05, 0) is 20.8 Å². The van der Waals surface area contributed by atoms with E-state index in [0.717, 1.165) is 32.5 Å². The van der Waals surface area contributed by atoms with Crippen LogP contribution in [-0.2, 0) is 0 Å². The second kappa shape index (κ2) is 5.43. The van der Waals surface area contributed by atoms with E-state index in [4.69, 9.17) is 11.6 Å². The third-order valence-corrected chi connectivity index (χ3v) is 3.76. The molecule has 2 heterocycles. The zero-order chi connectivity index (χ0) is 14.0. The molecule has 0 saturated carbocycles. The third kappa shape index (κ3) is 3.04. The first-order chi connectivity index (χ1) is 8.93. The van der Waals surface area contributed by atoms with Crippen LogP contribution >= 0.6 is 11.6 Å². The molecular formula is C13H19ClN4O. The monoisotopic (exact) mass is 282 g/mol. The van der Waals surface area contributed by atoms with Gasteiger partial charge in [0.25, 0.3) is 0 Å². The van der Waals surface area contributed by atoms with Crippen LogP contribution in [0.25, 0.3) is 0 Å². The molecule has 0 spiro atoms. The van der Waals surface area contributed by atoms with Gasteiger partial charge in [0.15, 0.2) is 6.29 Å². The van der Waals surface area contributed by atoms with Crippen LogP contribution in [0.2, 0.25) is 5.15 Å². The molecule has 1 aliphatic heterocycles. The molecule has 6 heteroatoms. The van der Waals surface area contributed by atoms with Gasteiger partial charge >= 0.3 is 0 Å². The molecule has 2 rings (SSSR count). The average Bonchev–Trinajstić information content (AvgIpc) is 2.37. The largest absolute Gasteiger partial charge is 0.353 e. The molecule has 5 nitrogen and oxygen atoms in total. The molecule has 0 amide bonds. The number of hydrogen-bond acceptors (Lipinski definition) is 5. The van der Waals surface area contributed by atoms with Crippen molar-refractivity contribution < 1.29 is 4.79 Å². The Balaban J connectivity index is 2.14. The van der Waals surface area contributed by atoms with Crippen molar-refractivity contribution in [2.24, 2.45) is 0 Å². The Morgan fingerprint density at radius 2 is 1.84 bits per heavy atom. The van der Waals surface area contributed by atoms with Gasteiger partial charge in [0.05, 0.1) is 5.56 Å². The normalized spacial score (nSPS) is 17.6. The lowest BCUT2D eigenvalue weighted by Gasteiger charge is -2.42. The number of halogens is 1. The Morgan fingerprint density at radius 1 is 1.21 bits per heavy atom. The summed E-state index contributed by atoms with van der Waals surface area (Å²) in [4.78, 5) is 23.7. The van der Waals surface area contributed by atoms with E-state index in [1.165, 1.54) is 6.33 Å². The maximum atomic E-state index is 11.1. The van der Waals surface area contributed by atoms with Gasteiger partial charge in [0.1, 0.15) is 17.3 Å². The first-order valence-corrected chi connectivity index (χ1v) is 6.77. The Labute approximate surface area is 118 Å². The van der Waals surface area contributed by atoms with Crippen LogP contribution in [0.1, 0.15) is 31.1 Å². The maximum Gasteiger partial charge on any atom is 0.156 e. The van der Waals surface area contributed by atoms with Gasteiger partial charge in [-0.2, -0.15) is 0 Å². The van der Waals surface area contributed by atoms with E-state index in [9.17, 15) is 4.79 Å². The second-order valence-electron chi connectivity index (χ2n) is 5.66. The van der Waals surface area contributed by atoms with Crippen LogP contribution < -0.4 is 4.90 Å². The van der Waals surface area contributed by atoms with Crippen molar-refractivity contribution in [3.63, 3.8) is 0 Å². The number of hydrogen-bond donors (Lipinski definition) is 0. The average molecular weight is 283 g/mol. The molecule has 0 radical (unpaired) electrons. The molecule has 0 unspecified atom stereocenters. The molecule has 1 aromatic heterocycles. The number of rotatable bonds is 2. The summed E-state index contributed by atoms with van der Waals surface area (Å²) in [5.74, 6) is 0.642. The maximum absolute atomic E-state index is 11.1. The lowest BCUT2D eigenvalue weighted by atomic mass is 10.0. The third-order valence-electron chi connectivity index (χ3n) is 3.46. The van der Waals surface area contributed by atoms with Crippen LogP contribution in [0.3, 0.4) is 0 Å². The Bertz CT molecular complexity index is 464. The van der Waals surface area contributed by atoms with Crippen molar-refractivity contribution in [2.45, 2.75) is 26.3 Å². The highest BCUT2D eigenvalue weighted by Gasteiger charge is 2.27. The van der Waals surface area contributed by atoms with Crippen LogP contribution in [0.15, 0.2) is 6.33 Å². The predicted octanol–water partition coefficient (Wildman–Crippen LogP) is 1.86. The number of nitrogens with zero attached hydrogens (tertiary/aromatic N) is 4. The lowest BCUT2D eigenvalue weighted by molar-refractivity contribution is 0.112. The number of carbonyl (C=O) groups excluding carboxylic acids is 1. The first kappa shape index (κ1) is 14.2. The number of carbonyl (C=O) groups is 1. The van der Waals surface area contributed by atoms with Gasteiger partial charge in [-0.3, -0.25) is 9.69 Å². The van der Waals surface area contributed by atoms with Crippen LogP contribution in [0, 0.1) is 0 Å². The van der Waals surface area contributed by atoms with Crippen molar-refractivity contribution in [1.29, 1.82) is 0 Å². The Kier molecular flexibility index (Phi) is 4.06. The second-order valence-corrected chi connectivity index (χ2v) is 6.02. The number of aromatic nitrogens is 2. The summed E-state index contributed by atoms with van der Waals surface area (Å²) >= 11 is 5.93. The molecule has 1 fully saturated rings. The molecule has 0 aliphatic carbocycles.